The second-order valence-electron chi connectivity index (χ2n) is 4.56. The summed E-state index contributed by atoms with van der Waals surface area (Å²) < 4.78 is 42.2. The van der Waals surface area contributed by atoms with Gasteiger partial charge in [0.15, 0.2) is 11.5 Å². The Kier molecular flexibility index (Phi) is 4.52. The van der Waals surface area contributed by atoms with Gasteiger partial charge < -0.3 is 14.2 Å². The summed E-state index contributed by atoms with van der Waals surface area (Å²) in [6, 6.07) is 4.60. The zero-order valence-corrected chi connectivity index (χ0v) is 12.6. The number of methoxy groups -OCH3 is 2. The molecule has 0 radical (unpaired) electrons. The van der Waals surface area contributed by atoms with E-state index in [1.807, 2.05) is 6.92 Å². The highest BCUT2D eigenvalue weighted by Crippen LogP contribution is 2.31. The fourth-order valence-electron chi connectivity index (χ4n) is 2.13. The second-order valence-corrected chi connectivity index (χ2v) is 6.50. The van der Waals surface area contributed by atoms with Gasteiger partial charge in [-0.3, -0.25) is 0 Å². The number of sulfonamides is 1. The van der Waals surface area contributed by atoms with Crippen LogP contribution in [0.25, 0.3) is 0 Å². The molecular formula is C13H19NO5S. The molecule has 1 heterocycles. The monoisotopic (exact) mass is 301 g/mol. The highest BCUT2D eigenvalue weighted by Gasteiger charge is 2.29. The molecule has 0 aliphatic carbocycles. The van der Waals surface area contributed by atoms with Gasteiger partial charge in [-0.05, 0) is 19.1 Å². The van der Waals surface area contributed by atoms with E-state index < -0.39 is 10.0 Å². The van der Waals surface area contributed by atoms with Gasteiger partial charge in [0.25, 0.3) is 0 Å². The topological polar surface area (TPSA) is 65.1 Å². The van der Waals surface area contributed by atoms with Gasteiger partial charge in [0.2, 0.25) is 10.0 Å². The molecule has 1 aliphatic rings. The predicted molar refractivity (Wildman–Crippen MR) is 73.7 cm³/mol. The summed E-state index contributed by atoms with van der Waals surface area (Å²) >= 11 is 0. The Morgan fingerprint density at radius 3 is 2.55 bits per heavy atom. The fourth-order valence-corrected chi connectivity index (χ4v) is 3.65. The normalized spacial score (nSPS) is 20.6. The van der Waals surface area contributed by atoms with Crippen LogP contribution in [0.2, 0.25) is 0 Å². The maximum atomic E-state index is 12.6. The van der Waals surface area contributed by atoms with Crippen molar-refractivity contribution in [3.63, 3.8) is 0 Å². The fraction of sp³-hybridized carbons (Fsp3) is 0.538. The number of morpholine rings is 1. The van der Waals surface area contributed by atoms with Crippen molar-refractivity contribution in [1.29, 1.82) is 0 Å². The quantitative estimate of drug-likeness (QED) is 0.833. The van der Waals surface area contributed by atoms with Crippen molar-refractivity contribution < 1.29 is 22.6 Å². The Morgan fingerprint density at radius 1 is 1.25 bits per heavy atom. The van der Waals surface area contributed by atoms with Crippen LogP contribution in [0.5, 0.6) is 11.5 Å². The molecule has 112 valence electrons. The van der Waals surface area contributed by atoms with Gasteiger partial charge in [-0.25, -0.2) is 8.42 Å². The van der Waals surface area contributed by atoms with Gasteiger partial charge in [-0.15, -0.1) is 0 Å². The lowest BCUT2D eigenvalue weighted by molar-refractivity contribution is 0.0102. The zero-order chi connectivity index (χ0) is 14.8. The lowest BCUT2D eigenvalue weighted by Crippen LogP contribution is -2.44. The number of rotatable bonds is 4. The third-order valence-electron chi connectivity index (χ3n) is 3.20. The van der Waals surface area contributed by atoms with E-state index in [4.69, 9.17) is 14.2 Å². The summed E-state index contributed by atoms with van der Waals surface area (Å²) in [5, 5.41) is 0. The van der Waals surface area contributed by atoms with Crippen molar-refractivity contribution in [2.75, 3.05) is 33.9 Å². The molecule has 1 aliphatic heterocycles. The highest BCUT2D eigenvalue weighted by atomic mass is 32.2. The first-order valence-corrected chi connectivity index (χ1v) is 7.77. The van der Waals surface area contributed by atoms with Crippen LogP contribution in [-0.4, -0.2) is 52.7 Å². The van der Waals surface area contributed by atoms with Crippen molar-refractivity contribution in [2.24, 2.45) is 0 Å². The van der Waals surface area contributed by atoms with Crippen LogP contribution >= 0.6 is 0 Å². The summed E-state index contributed by atoms with van der Waals surface area (Å²) in [5.41, 5.74) is 0. The molecule has 1 atom stereocenters. The van der Waals surface area contributed by atoms with E-state index in [-0.39, 0.29) is 11.0 Å². The van der Waals surface area contributed by atoms with Crippen LogP contribution in [0.1, 0.15) is 6.92 Å². The maximum Gasteiger partial charge on any atom is 0.243 e. The first kappa shape index (κ1) is 15.1. The minimum atomic E-state index is -3.53. The van der Waals surface area contributed by atoms with E-state index in [0.717, 1.165) is 0 Å². The molecule has 6 nitrogen and oxygen atoms in total. The van der Waals surface area contributed by atoms with Gasteiger partial charge in [0, 0.05) is 19.2 Å². The van der Waals surface area contributed by atoms with E-state index in [1.54, 1.807) is 6.07 Å². The van der Waals surface area contributed by atoms with Gasteiger partial charge >= 0.3 is 0 Å². The molecule has 0 spiro atoms. The van der Waals surface area contributed by atoms with Gasteiger partial charge in [-0.2, -0.15) is 4.31 Å². The third kappa shape index (κ3) is 2.89. The summed E-state index contributed by atoms with van der Waals surface area (Å²) in [5.74, 6) is 0.900. The Labute approximate surface area is 119 Å². The number of benzene rings is 1. The van der Waals surface area contributed by atoms with Crippen molar-refractivity contribution in [1.82, 2.24) is 4.31 Å². The Bertz CT molecular complexity index is 572. The minimum absolute atomic E-state index is 0.0985. The van der Waals surface area contributed by atoms with E-state index in [0.29, 0.717) is 31.2 Å². The number of hydrogen-bond acceptors (Lipinski definition) is 5. The molecule has 1 fully saturated rings. The molecule has 2 rings (SSSR count). The number of nitrogens with zero attached hydrogens (tertiary/aromatic N) is 1. The molecule has 1 unspecified atom stereocenters. The summed E-state index contributed by atoms with van der Waals surface area (Å²) in [7, 11) is -0.548. The number of hydrogen-bond donors (Lipinski definition) is 0. The lowest BCUT2D eigenvalue weighted by atomic mass is 10.3. The first-order valence-electron chi connectivity index (χ1n) is 6.33. The highest BCUT2D eigenvalue weighted by molar-refractivity contribution is 7.89. The Balaban J connectivity index is 2.34. The average molecular weight is 301 g/mol. The molecule has 0 aromatic heterocycles. The van der Waals surface area contributed by atoms with Crippen LogP contribution < -0.4 is 9.47 Å². The largest absolute Gasteiger partial charge is 0.493 e. The average Bonchev–Trinajstić information content (AvgIpc) is 2.46. The van der Waals surface area contributed by atoms with Crippen molar-refractivity contribution >= 4 is 10.0 Å². The summed E-state index contributed by atoms with van der Waals surface area (Å²) in [6.07, 6.45) is -0.0985. The van der Waals surface area contributed by atoms with Gasteiger partial charge in [0.1, 0.15) is 0 Å². The second kappa shape index (κ2) is 5.99. The SMILES string of the molecule is COc1ccc(S(=O)(=O)N2CCOC(C)C2)cc1OC. The van der Waals surface area contributed by atoms with E-state index in [9.17, 15) is 8.42 Å². The van der Waals surface area contributed by atoms with Crippen LogP contribution in [-0.2, 0) is 14.8 Å². The number of ether oxygens (including phenoxy) is 3. The first-order chi connectivity index (χ1) is 9.48. The van der Waals surface area contributed by atoms with Crippen molar-refractivity contribution in [2.45, 2.75) is 17.9 Å². The summed E-state index contributed by atoms with van der Waals surface area (Å²) in [6.45, 7) is 2.99. The molecule has 0 saturated carbocycles. The van der Waals surface area contributed by atoms with Crippen LogP contribution in [0, 0.1) is 0 Å². The van der Waals surface area contributed by atoms with E-state index in [2.05, 4.69) is 0 Å². The van der Waals surface area contributed by atoms with Crippen LogP contribution in [0.15, 0.2) is 23.1 Å². The van der Waals surface area contributed by atoms with E-state index in [1.165, 1.54) is 30.7 Å². The molecule has 1 saturated heterocycles. The summed E-state index contributed by atoms with van der Waals surface area (Å²) in [4.78, 5) is 0.198. The molecule has 0 N–H and O–H groups in total. The van der Waals surface area contributed by atoms with Crippen LogP contribution in [0.4, 0.5) is 0 Å². The van der Waals surface area contributed by atoms with Gasteiger partial charge in [0.05, 0.1) is 31.8 Å². The molecule has 0 amide bonds. The minimum Gasteiger partial charge on any atom is -0.493 e. The van der Waals surface area contributed by atoms with Crippen molar-refractivity contribution in [3.05, 3.63) is 18.2 Å². The molecule has 1 aromatic carbocycles. The standard InChI is InChI=1S/C13H19NO5S/c1-10-9-14(6-7-19-10)20(15,16)11-4-5-12(17-2)13(8-11)18-3/h4-5,8,10H,6-7,9H2,1-3H3. The van der Waals surface area contributed by atoms with Crippen molar-refractivity contribution in [3.8, 4) is 11.5 Å². The molecule has 7 heteroatoms. The Morgan fingerprint density at radius 2 is 1.95 bits per heavy atom. The predicted octanol–water partition coefficient (Wildman–Crippen LogP) is 1.11. The smallest absolute Gasteiger partial charge is 0.243 e. The molecular weight excluding hydrogens is 282 g/mol. The van der Waals surface area contributed by atoms with Crippen LogP contribution in [0.3, 0.4) is 0 Å². The molecule has 0 bridgehead atoms. The van der Waals surface area contributed by atoms with Gasteiger partial charge in [-0.1, -0.05) is 0 Å². The third-order valence-corrected chi connectivity index (χ3v) is 5.06. The lowest BCUT2D eigenvalue weighted by Gasteiger charge is -2.30. The zero-order valence-electron chi connectivity index (χ0n) is 11.8. The van der Waals surface area contributed by atoms with E-state index >= 15 is 0 Å². The molecule has 20 heavy (non-hydrogen) atoms. The Hall–Kier alpha value is -1.31. The molecule has 1 aromatic rings. The maximum absolute atomic E-state index is 12.6.